The Bertz CT molecular complexity index is 868. The summed E-state index contributed by atoms with van der Waals surface area (Å²) in [6, 6.07) is 9.45. The van der Waals surface area contributed by atoms with E-state index in [0.29, 0.717) is 17.5 Å². The standard InChI is InChI=1S/C19H22N2O3S2/c22-18(13-4-2-1-3-5-13)20-19-21(15-9-12-6-7-14(15)8-12)16-10-26(23,24)11-17(16)25-19/h1-5,12,14-17H,6-11H2/t12-,14-,15-,16+,17+/m0/s1. The van der Waals surface area contributed by atoms with Gasteiger partial charge in [0.05, 0.1) is 17.5 Å². The van der Waals surface area contributed by atoms with Crippen molar-refractivity contribution in [1.29, 1.82) is 0 Å². The zero-order valence-electron chi connectivity index (χ0n) is 14.5. The average Bonchev–Trinajstić information content (AvgIpc) is 3.35. The molecule has 5 nitrogen and oxygen atoms in total. The van der Waals surface area contributed by atoms with Crippen LogP contribution in [0.2, 0.25) is 0 Å². The van der Waals surface area contributed by atoms with Gasteiger partial charge in [-0.15, -0.1) is 0 Å². The van der Waals surface area contributed by atoms with Crippen LogP contribution in [0.1, 0.15) is 36.0 Å². The number of hydrogen-bond donors (Lipinski definition) is 0. The van der Waals surface area contributed by atoms with Gasteiger partial charge in [0.2, 0.25) is 0 Å². The smallest absolute Gasteiger partial charge is 0.279 e. The number of sulfone groups is 1. The minimum Gasteiger partial charge on any atom is -0.343 e. The number of carbonyl (C=O) groups excluding carboxylic acids is 1. The Balaban J connectivity index is 1.48. The third-order valence-corrected chi connectivity index (χ3v) is 9.61. The van der Waals surface area contributed by atoms with Crippen molar-refractivity contribution in [2.75, 3.05) is 11.5 Å². The lowest BCUT2D eigenvalue weighted by Crippen LogP contribution is -2.47. The van der Waals surface area contributed by atoms with Gasteiger partial charge in [-0.25, -0.2) is 8.42 Å². The van der Waals surface area contributed by atoms with Crippen molar-refractivity contribution in [3.8, 4) is 0 Å². The molecule has 0 N–H and O–H groups in total. The molecule has 2 heterocycles. The van der Waals surface area contributed by atoms with Gasteiger partial charge in [0, 0.05) is 16.9 Å². The maximum atomic E-state index is 12.6. The van der Waals surface area contributed by atoms with Gasteiger partial charge in [0.1, 0.15) is 0 Å². The van der Waals surface area contributed by atoms with Gasteiger partial charge < -0.3 is 4.90 Å². The van der Waals surface area contributed by atoms with Gasteiger partial charge in [0.15, 0.2) is 15.0 Å². The zero-order valence-corrected chi connectivity index (χ0v) is 16.1. The van der Waals surface area contributed by atoms with E-state index in [1.807, 2.05) is 18.2 Å². The molecule has 4 aliphatic rings. The molecule has 4 fully saturated rings. The number of thioether (sulfide) groups is 1. The molecule has 1 amide bonds. The van der Waals surface area contributed by atoms with Crippen LogP contribution in [0.25, 0.3) is 0 Å². The molecule has 2 bridgehead atoms. The number of aliphatic imine (C=N–C) groups is 1. The lowest BCUT2D eigenvalue weighted by molar-refractivity contribution is 0.0999. The van der Waals surface area contributed by atoms with E-state index in [1.165, 1.54) is 31.0 Å². The van der Waals surface area contributed by atoms with E-state index < -0.39 is 9.84 Å². The molecule has 0 spiro atoms. The van der Waals surface area contributed by atoms with Crippen molar-refractivity contribution in [2.24, 2.45) is 16.8 Å². The number of nitrogens with zero attached hydrogens (tertiary/aromatic N) is 2. The first-order chi connectivity index (χ1) is 12.5. The van der Waals surface area contributed by atoms with Crippen LogP contribution in [0.5, 0.6) is 0 Å². The third kappa shape index (κ3) is 2.80. The predicted octanol–water partition coefficient (Wildman–Crippen LogP) is 2.59. The molecule has 2 saturated heterocycles. The Morgan fingerprint density at radius 1 is 1.08 bits per heavy atom. The van der Waals surface area contributed by atoms with Crippen molar-refractivity contribution in [2.45, 2.75) is 43.0 Å². The number of carbonyl (C=O) groups is 1. The highest BCUT2D eigenvalue weighted by Gasteiger charge is 2.54. The number of amides is 1. The second-order valence-corrected chi connectivity index (χ2v) is 11.4. The van der Waals surface area contributed by atoms with Crippen molar-refractivity contribution in [3.05, 3.63) is 35.9 Å². The molecule has 2 saturated carbocycles. The number of benzene rings is 1. The van der Waals surface area contributed by atoms with E-state index in [2.05, 4.69) is 9.89 Å². The fraction of sp³-hybridized carbons (Fsp3) is 0.579. The topological polar surface area (TPSA) is 66.8 Å². The minimum atomic E-state index is -2.99. The second-order valence-electron chi connectivity index (χ2n) is 8.02. The fourth-order valence-electron chi connectivity index (χ4n) is 5.26. The van der Waals surface area contributed by atoms with Crippen LogP contribution < -0.4 is 0 Å². The van der Waals surface area contributed by atoms with Gasteiger partial charge in [-0.1, -0.05) is 36.4 Å². The molecule has 0 radical (unpaired) electrons. The Morgan fingerprint density at radius 2 is 1.88 bits per heavy atom. The quantitative estimate of drug-likeness (QED) is 0.776. The minimum absolute atomic E-state index is 0.0152. The number of hydrogen-bond acceptors (Lipinski definition) is 4. The van der Waals surface area contributed by atoms with E-state index in [-0.39, 0.29) is 28.7 Å². The van der Waals surface area contributed by atoms with Gasteiger partial charge in [-0.05, 0) is 43.2 Å². The predicted molar refractivity (Wildman–Crippen MR) is 103 cm³/mol. The first kappa shape index (κ1) is 16.8. The fourth-order valence-corrected chi connectivity index (χ4v) is 9.23. The third-order valence-electron chi connectivity index (χ3n) is 6.38. The van der Waals surface area contributed by atoms with Crippen molar-refractivity contribution in [3.63, 3.8) is 0 Å². The van der Waals surface area contributed by atoms with Crippen molar-refractivity contribution in [1.82, 2.24) is 4.90 Å². The maximum Gasteiger partial charge on any atom is 0.279 e. The SMILES string of the molecule is O=C(N=C1S[C@@H]2CS(=O)(=O)C[C@H]2N1[C@H]1C[C@H]2CC[C@H]1C2)c1ccccc1. The molecule has 2 aliphatic carbocycles. The van der Waals surface area contributed by atoms with Crippen LogP contribution in [-0.4, -0.2) is 53.2 Å². The largest absolute Gasteiger partial charge is 0.343 e. The molecule has 7 heteroatoms. The monoisotopic (exact) mass is 390 g/mol. The molecule has 1 aromatic carbocycles. The molecule has 2 aliphatic heterocycles. The molecule has 0 unspecified atom stereocenters. The molecular formula is C19H22N2O3S2. The first-order valence-electron chi connectivity index (χ1n) is 9.34. The number of fused-ring (bicyclic) bond motifs is 3. The van der Waals surface area contributed by atoms with E-state index in [9.17, 15) is 13.2 Å². The first-order valence-corrected chi connectivity index (χ1v) is 12.0. The van der Waals surface area contributed by atoms with Crippen molar-refractivity contribution >= 4 is 32.7 Å². The van der Waals surface area contributed by atoms with E-state index in [1.54, 1.807) is 12.1 Å². The molecule has 138 valence electrons. The Kier molecular flexibility index (Phi) is 3.94. The van der Waals surface area contributed by atoms with Crippen molar-refractivity contribution < 1.29 is 13.2 Å². The van der Waals surface area contributed by atoms with Crippen LogP contribution in [-0.2, 0) is 9.84 Å². The summed E-state index contributed by atoms with van der Waals surface area (Å²) in [5.41, 5.74) is 0.582. The summed E-state index contributed by atoms with van der Waals surface area (Å²) in [6.45, 7) is 0. The van der Waals surface area contributed by atoms with E-state index in [4.69, 9.17) is 0 Å². The summed E-state index contributed by atoms with van der Waals surface area (Å²) in [6.07, 6.45) is 4.88. The van der Waals surface area contributed by atoms with Gasteiger partial charge in [-0.2, -0.15) is 4.99 Å². The van der Waals surface area contributed by atoms with E-state index in [0.717, 1.165) is 17.5 Å². The van der Waals surface area contributed by atoms with Gasteiger partial charge in [-0.3, -0.25) is 4.79 Å². The highest BCUT2D eigenvalue weighted by molar-refractivity contribution is 8.15. The van der Waals surface area contributed by atoms with Crippen LogP contribution in [0.15, 0.2) is 35.3 Å². The normalized spacial score (nSPS) is 38.8. The van der Waals surface area contributed by atoms with E-state index >= 15 is 0 Å². The summed E-state index contributed by atoms with van der Waals surface area (Å²) in [4.78, 5) is 19.3. The summed E-state index contributed by atoms with van der Waals surface area (Å²) >= 11 is 1.50. The average molecular weight is 391 g/mol. The van der Waals surface area contributed by atoms with Gasteiger partial charge >= 0.3 is 0 Å². The van der Waals surface area contributed by atoms with Gasteiger partial charge in [0.25, 0.3) is 5.91 Å². The van der Waals surface area contributed by atoms with Crippen LogP contribution >= 0.6 is 11.8 Å². The molecule has 0 aromatic heterocycles. The van der Waals surface area contributed by atoms with Crippen LogP contribution in [0.3, 0.4) is 0 Å². The highest BCUT2D eigenvalue weighted by atomic mass is 32.2. The molecule has 1 aromatic rings. The molecule has 5 rings (SSSR count). The lowest BCUT2D eigenvalue weighted by atomic mass is 9.93. The zero-order chi connectivity index (χ0) is 17.9. The highest BCUT2D eigenvalue weighted by Crippen LogP contribution is 2.51. The van der Waals surface area contributed by atoms with Crippen LogP contribution in [0, 0.1) is 11.8 Å². The Labute approximate surface area is 158 Å². The number of amidine groups is 1. The number of rotatable bonds is 2. The lowest BCUT2D eigenvalue weighted by Gasteiger charge is -2.36. The van der Waals surface area contributed by atoms with Crippen LogP contribution in [0.4, 0.5) is 0 Å². The maximum absolute atomic E-state index is 12.6. The Morgan fingerprint density at radius 3 is 2.58 bits per heavy atom. The summed E-state index contributed by atoms with van der Waals surface area (Å²) in [5.74, 6) is 1.57. The summed E-state index contributed by atoms with van der Waals surface area (Å²) in [7, 11) is -2.99. The summed E-state index contributed by atoms with van der Waals surface area (Å²) < 4.78 is 24.3. The molecule has 5 atom stereocenters. The molecular weight excluding hydrogens is 368 g/mol. The molecule has 26 heavy (non-hydrogen) atoms. The second kappa shape index (κ2) is 6.09. The summed E-state index contributed by atoms with van der Waals surface area (Å²) in [5, 5.41) is 0.766. The Hall–Kier alpha value is -1.34.